The zero-order valence-electron chi connectivity index (χ0n) is 9.58. The lowest BCUT2D eigenvalue weighted by molar-refractivity contribution is 0.0697. The molecular formula is C14H8O5. The number of fused-ring (bicyclic) bond motifs is 2. The van der Waals surface area contributed by atoms with E-state index in [-0.39, 0.29) is 17.1 Å². The van der Waals surface area contributed by atoms with Crippen LogP contribution >= 0.6 is 0 Å². The molecule has 0 atom stereocenters. The Balaban J connectivity index is 2.47. The van der Waals surface area contributed by atoms with E-state index in [1.54, 1.807) is 12.1 Å². The third-order valence-corrected chi connectivity index (χ3v) is 2.86. The average molecular weight is 256 g/mol. The molecule has 0 amide bonds. The number of carboxylic acids is 1. The Hall–Kier alpha value is -2.82. The zero-order chi connectivity index (χ0) is 13.6. The average Bonchev–Trinajstić information content (AvgIpc) is 2.35. The minimum absolute atomic E-state index is 0.0346. The summed E-state index contributed by atoms with van der Waals surface area (Å²) in [6, 6.07) is 8.41. The largest absolute Gasteiger partial charge is 0.508 e. The lowest BCUT2D eigenvalue weighted by atomic mass is 10.0. The number of benzene rings is 2. The van der Waals surface area contributed by atoms with Crippen LogP contribution in [-0.2, 0) is 0 Å². The normalized spacial score (nSPS) is 10.9. The van der Waals surface area contributed by atoms with Crippen LogP contribution in [0.15, 0.2) is 45.6 Å². The van der Waals surface area contributed by atoms with Crippen LogP contribution < -0.4 is 5.43 Å². The zero-order valence-corrected chi connectivity index (χ0v) is 9.58. The van der Waals surface area contributed by atoms with Crippen molar-refractivity contribution < 1.29 is 19.4 Å². The number of carboxylic acid groups (broad SMARTS) is 1. The summed E-state index contributed by atoms with van der Waals surface area (Å²) in [7, 11) is 0. The van der Waals surface area contributed by atoms with Crippen LogP contribution in [-0.4, -0.2) is 16.2 Å². The van der Waals surface area contributed by atoms with Crippen molar-refractivity contribution in [2.24, 2.45) is 0 Å². The molecule has 1 aliphatic carbocycles. The van der Waals surface area contributed by atoms with Crippen molar-refractivity contribution in [2.45, 2.75) is 0 Å². The maximum atomic E-state index is 11.4. The van der Waals surface area contributed by atoms with Crippen LogP contribution in [0, 0.1) is 0 Å². The first-order chi connectivity index (χ1) is 9.04. The molecule has 3 rings (SSSR count). The number of phenolic OH excluding ortho intramolecular Hbond substituents is 1. The molecule has 1 heterocycles. The van der Waals surface area contributed by atoms with Gasteiger partial charge < -0.3 is 14.6 Å². The van der Waals surface area contributed by atoms with Gasteiger partial charge in [-0.25, -0.2) is 4.79 Å². The first-order valence-corrected chi connectivity index (χ1v) is 5.48. The Morgan fingerprint density at radius 2 is 1.89 bits per heavy atom. The molecule has 0 aromatic heterocycles. The Morgan fingerprint density at radius 1 is 1.11 bits per heavy atom. The number of rotatable bonds is 1. The van der Waals surface area contributed by atoms with E-state index in [9.17, 15) is 14.7 Å². The number of hydrogen-bond acceptors (Lipinski definition) is 4. The number of aromatic hydroxyl groups is 1. The predicted octanol–water partition coefficient (Wildman–Crippen LogP) is 2.30. The third kappa shape index (κ3) is 1.81. The molecule has 5 nitrogen and oxygen atoms in total. The van der Waals surface area contributed by atoms with E-state index in [0.717, 1.165) is 6.07 Å². The highest BCUT2D eigenvalue weighted by Crippen LogP contribution is 2.31. The van der Waals surface area contributed by atoms with Crippen molar-refractivity contribution in [2.75, 3.05) is 0 Å². The van der Waals surface area contributed by atoms with E-state index in [1.165, 1.54) is 18.2 Å². The van der Waals surface area contributed by atoms with Crippen LogP contribution in [0.3, 0.4) is 0 Å². The van der Waals surface area contributed by atoms with Crippen LogP contribution in [0.4, 0.5) is 0 Å². The Kier molecular flexibility index (Phi) is 2.28. The van der Waals surface area contributed by atoms with Crippen LogP contribution in [0.25, 0.3) is 22.3 Å². The van der Waals surface area contributed by atoms with Crippen molar-refractivity contribution in [1.29, 1.82) is 0 Å². The highest BCUT2D eigenvalue weighted by molar-refractivity contribution is 5.98. The Bertz CT molecular complexity index is 831. The fourth-order valence-electron chi connectivity index (χ4n) is 2.02. The number of aromatic carboxylic acids is 1. The van der Waals surface area contributed by atoms with Crippen LogP contribution in [0.5, 0.6) is 5.75 Å². The van der Waals surface area contributed by atoms with Gasteiger partial charge in [0, 0.05) is 29.1 Å². The summed E-state index contributed by atoms with van der Waals surface area (Å²) < 4.78 is 5.48. The monoisotopic (exact) mass is 256 g/mol. The smallest absolute Gasteiger partial charge is 0.336 e. The molecule has 2 N–H and O–H groups in total. The van der Waals surface area contributed by atoms with Crippen molar-refractivity contribution in [3.8, 4) is 17.1 Å². The number of hydrogen-bond donors (Lipinski definition) is 2. The van der Waals surface area contributed by atoms with Gasteiger partial charge in [-0.1, -0.05) is 0 Å². The molecule has 5 heteroatoms. The first-order valence-electron chi connectivity index (χ1n) is 5.48. The van der Waals surface area contributed by atoms with E-state index in [1.807, 2.05) is 0 Å². The highest BCUT2D eigenvalue weighted by Gasteiger charge is 2.17. The second-order valence-corrected chi connectivity index (χ2v) is 4.16. The van der Waals surface area contributed by atoms with Crippen molar-refractivity contribution in [1.82, 2.24) is 0 Å². The maximum Gasteiger partial charge on any atom is 0.336 e. The Morgan fingerprint density at radius 3 is 2.63 bits per heavy atom. The molecule has 94 valence electrons. The van der Waals surface area contributed by atoms with E-state index in [4.69, 9.17) is 9.52 Å². The predicted molar refractivity (Wildman–Crippen MR) is 67.7 cm³/mol. The van der Waals surface area contributed by atoms with Gasteiger partial charge in [-0.15, -0.1) is 0 Å². The molecule has 0 saturated heterocycles. The summed E-state index contributed by atoms with van der Waals surface area (Å²) in [5.74, 6) is -0.966. The minimum Gasteiger partial charge on any atom is -0.508 e. The minimum atomic E-state index is -1.18. The summed E-state index contributed by atoms with van der Waals surface area (Å²) in [5, 5.41) is 19.1. The highest BCUT2D eigenvalue weighted by atomic mass is 16.4. The second-order valence-electron chi connectivity index (χ2n) is 4.16. The molecule has 0 bridgehead atoms. The van der Waals surface area contributed by atoms with Gasteiger partial charge in [-0.3, -0.25) is 4.79 Å². The fourth-order valence-corrected chi connectivity index (χ4v) is 2.02. The van der Waals surface area contributed by atoms with Gasteiger partial charge in [0.25, 0.3) is 0 Å². The number of carbonyl (C=O) groups is 1. The van der Waals surface area contributed by atoms with Crippen LogP contribution in [0.1, 0.15) is 10.4 Å². The van der Waals surface area contributed by atoms with E-state index in [0.29, 0.717) is 16.5 Å². The molecule has 0 unspecified atom stereocenters. The lowest BCUT2D eigenvalue weighted by Crippen LogP contribution is -2.08. The van der Waals surface area contributed by atoms with Gasteiger partial charge in [0.15, 0.2) is 5.43 Å². The topological polar surface area (TPSA) is 87.7 Å². The molecular weight excluding hydrogens is 248 g/mol. The Labute approximate surface area is 106 Å². The van der Waals surface area contributed by atoms with Gasteiger partial charge >= 0.3 is 5.97 Å². The van der Waals surface area contributed by atoms with Crippen LogP contribution in [0.2, 0.25) is 0 Å². The second kappa shape index (κ2) is 3.84. The van der Waals surface area contributed by atoms with Gasteiger partial charge in [-0.05, 0) is 18.2 Å². The molecule has 1 aromatic carbocycles. The molecule has 0 radical (unpaired) electrons. The van der Waals surface area contributed by atoms with Gasteiger partial charge in [-0.2, -0.15) is 0 Å². The quantitative estimate of drug-likeness (QED) is 0.652. The third-order valence-electron chi connectivity index (χ3n) is 2.86. The SMILES string of the molecule is O=C(O)c1cc(=O)cc2oc3cc(O)ccc3cc1-2. The molecule has 1 aromatic rings. The van der Waals surface area contributed by atoms with Crippen molar-refractivity contribution in [3.05, 3.63) is 52.2 Å². The van der Waals surface area contributed by atoms with E-state index >= 15 is 0 Å². The molecule has 0 spiro atoms. The summed E-state index contributed by atoms with van der Waals surface area (Å²) >= 11 is 0. The number of phenols is 1. The van der Waals surface area contributed by atoms with Crippen molar-refractivity contribution in [3.63, 3.8) is 0 Å². The summed E-state index contributed by atoms with van der Waals surface area (Å²) in [5.41, 5.74) is 0.203. The molecule has 0 saturated carbocycles. The molecule has 1 aliphatic heterocycles. The van der Waals surface area contributed by atoms with Crippen molar-refractivity contribution >= 4 is 16.9 Å². The first kappa shape index (κ1) is 11.3. The van der Waals surface area contributed by atoms with Gasteiger partial charge in [0.05, 0.1) is 5.56 Å². The standard InChI is InChI=1S/C14H8O5/c15-8-2-1-7-3-10-11(14(17)18)4-9(16)6-13(10)19-12(7)5-8/h1-6,15H,(H,17,18). The van der Waals surface area contributed by atoms with Gasteiger partial charge in [0.2, 0.25) is 0 Å². The fraction of sp³-hybridized carbons (Fsp3) is 0. The van der Waals surface area contributed by atoms with E-state index < -0.39 is 11.4 Å². The summed E-state index contributed by atoms with van der Waals surface area (Å²) in [6.45, 7) is 0. The molecule has 19 heavy (non-hydrogen) atoms. The summed E-state index contributed by atoms with van der Waals surface area (Å²) in [4.78, 5) is 22.6. The maximum absolute atomic E-state index is 11.4. The van der Waals surface area contributed by atoms with Gasteiger partial charge in [0.1, 0.15) is 17.1 Å². The molecule has 2 aliphatic rings. The lowest BCUT2D eigenvalue weighted by Gasteiger charge is -2.09. The summed E-state index contributed by atoms with van der Waals surface area (Å²) in [6.07, 6.45) is 0. The van der Waals surface area contributed by atoms with E-state index in [2.05, 4.69) is 0 Å². The molecule has 0 fully saturated rings.